The van der Waals surface area contributed by atoms with Gasteiger partial charge in [0.2, 0.25) is 11.8 Å². The number of pyridine rings is 1. The topological polar surface area (TPSA) is 86.9 Å². The number of rotatable bonds is 4. The van der Waals surface area contributed by atoms with Gasteiger partial charge in [0, 0.05) is 41.8 Å². The minimum atomic E-state index is -0.161. The number of H-pyrrole nitrogens is 1. The van der Waals surface area contributed by atoms with Gasteiger partial charge in [0.1, 0.15) is 5.82 Å². The number of nitrogens with zero attached hydrogens (tertiary/aromatic N) is 1. The third-order valence-electron chi connectivity index (χ3n) is 4.76. The molecule has 1 aliphatic heterocycles. The molecule has 0 fully saturated rings. The number of hydrogen-bond donors (Lipinski definition) is 3. The van der Waals surface area contributed by atoms with Gasteiger partial charge in [-0.05, 0) is 48.2 Å². The van der Waals surface area contributed by atoms with Crippen molar-refractivity contribution in [3.05, 3.63) is 65.0 Å². The van der Waals surface area contributed by atoms with Crippen LogP contribution in [-0.2, 0) is 22.6 Å². The van der Waals surface area contributed by atoms with E-state index in [1.165, 1.54) is 6.08 Å². The average molecular weight is 360 g/mol. The Morgan fingerprint density at radius 1 is 1.30 bits per heavy atom. The van der Waals surface area contributed by atoms with Crippen molar-refractivity contribution in [2.24, 2.45) is 0 Å². The summed E-state index contributed by atoms with van der Waals surface area (Å²) >= 11 is 0. The normalized spacial score (nSPS) is 13.6. The second-order valence-electron chi connectivity index (χ2n) is 6.65. The molecule has 3 N–H and O–H groups in total. The van der Waals surface area contributed by atoms with E-state index in [1.54, 1.807) is 12.3 Å². The van der Waals surface area contributed by atoms with Gasteiger partial charge in [-0.25, -0.2) is 4.98 Å². The number of benzene rings is 1. The predicted octanol–water partition coefficient (Wildman–Crippen LogP) is 3.09. The molecule has 0 saturated carbocycles. The van der Waals surface area contributed by atoms with Gasteiger partial charge in [-0.1, -0.05) is 18.2 Å². The molecule has 1 aliphatic rings. The minimum absolute atomic E-state index is 0.00903. The molecule has 4 rings (SSSR count). The van der Waals surface area contributed by atoms with Gasteiger partial charge >= 0.3 is 0 Å². The number of nitrogens with one attached hydrogen (secondary N) is 3. The highest BCUT2D eigenvalue weighted by molar-refractivity contribution is 5.94. The molecule has 1 aromatic carbocycles. The molecule has 0 atom stereocenters. The maximum atomic E-state index is 12.2. The van der Waals surface area contributed by atoms with Crippen LogP contribution in [0.4, 0.5) is 5.82 Å². The van der Waals surface area contributed by atoms with Gasteiger partial charge in [-0.15, -0.1) is 0 Å². The van der Waals surface area contributed by atoms with Crippen LogP contribution in [0.3, 0.4) is 0 Å². The number of carbonyl (C=O) groups excluding carboxylic acids is 2. The molecule has 136 valence electrons. The number of aryl methyl sites for hydroxylation is 2. The number of para-hydroxylation sites is 1. The quantitative estimate of drug-likeness (QED) is 0.625. The fourth-order valence-electron chi connectivity index (χ4n) is 3.33. The average Bonchev–Trinajstić information content (AvgIpc) is 2.99. The van der Waals surface area contributed by atoms with Crippen molar-refractivity contribution in [2.75, 3.05) is 5.32 Å². The fraction of sp³-hybridized carbons (Fsp3) is 0.190. The first-order valence-electron chi connectivity index (χ1n) is 8.91. The van der Waals surface area contributed by atoms with E-state index in [0.717, 1.165) is 33.3 Å². The van der Waals surface area contributed by atoms with Crippen LogP contribution >= 0.6 is 0 Å². The van der Waals surface area contributed by atoms with Crippen LogP contribution in [0.15, 0.2) is 42.6 Å². The van der Waals surface area contributed by atoms with Crippen LogP contribution in [0.5, 0.6) is 0 Å². The maximum absolute atomic E-state index is 12.2. The van der Waals surface area contributed by atoms with E-state index in [1.807, 2.05) is 37.3 Å². The van der Waals surface area contributed by atoms with Gasteiger partial charge < -0.3 is 15.6 Å². The Balaban J connectivity index is 1.42. The molecule has 0 bridgehead atoms. The molecule has 2 amide bonds. The van der Waals surface area contributed by atoms with Gasteiger partial charge in [-0.2, -0.15) is 0 Å². The highest BCUT2D eigenvalue weighted by atomic mass is 16.2. The van der Waals surface area contributed by atoms with Gasteiger partial charge in [0.05, 0.1) is 0 Å². The molecular weight excluding hydrogens is 340 g/mol. The summed E-state index contributed by atoms with van der Waals surface area (Å²) in [6.45, 7) is 2.47. The third kappa shape index (κ3) is 3.60. The van der Waals surface area contributed by atoms with E-state index in [4.69, 9.17) is 0 Å². The van der Waals surface area contributed by atoms with Crippen LogP contribution in [0.25, 0.3) is 17.0 Å². The van der Waals surface area contributed by atoms with E-state index in [2.05, 4.69) is 20.6 Å². The number of aromatic nitrogens is 2. The predicted molar refractivity (Wildman–Crippen MR) is 105 cm³/mol. The first-order chi connectivity index (χ1) is 13.1. The second-order valence-corrected chi connectivity index (χ2v) is 6.65. The fourth-order valence-corrected chi connectivity index (χ4v) is 3.33. The Kier molecular flexibility index (Phi) is 4.46. The zero-order chi connectivity index (χ0) is 18.8. The Bertz CT molecular complexity index is 1070. The number of aromatic amines is 1. The molecule has 0 saturated heterocycles. The zero-order valence-electron chi connectivity index (χ0n) is 15.0. The monoisotopic (exact) mass is 360 g/mol. The summed E-state index contributed by atoms with van der Waals surface area (Å²) in [5.41, 5.74) is 5.05. The number of fused-ring (bicyclic) bond motifs is 2. The standard InChI is InChI=1S/C21H20N4O2/c1-13-17(16-4-2-3-5-18(16)24-13)12-22-19(26)8-6-14-10-15-7-9-20(27)25-21(15)23-11-14/h2-6,8,10-11,24H,7,9,12H2,1H3,(H,22,26)(H,23,25,27). The Morgan fingerprint density at radius 3 is 3.04 bits per heavy atom. The highest BCUT2D eigenvalue weighted by Gasteiger charge is 2.15. The van der Waals surface area contributed by atoms with E-state index in [9.17, 15) is 9.59 Å². The van der Waals surface area contributed by atoms with E-state index in [-0.39, 0.29) is 11.8 Å². The summed E-state index contributed by atoms with van der Waals surface area (Å²) in [5.74, 6) is 0.443. The number of hydrogen-bond acceptors (Lipinski definition) is 3. The molecular formula is C21H20N4O2. The molecule has 2 aromatic heterocycles. The van der Waals surface area contributed by atoms with Crippen molar-refractivity contribution in [3.63, 3.8) is 0 Å². The van der Waals surface area contributed by atoms with Crippen molar-refractivity contribution in [3.8, 4) is 0 Å². The van der Waals surface area contributed by atoms with Crippen molar-refractivity contribution in [1.29, 1.82) is 0 Å². The molecule has 6 heteroatoms. The van der Waals surface area contributed by atoms with E-state index in [0.29, 0.717) is 25.2 Å². The Labute approximate surface area is 156 Å². The van der Waals surface area contributed by atoms with Gasteiger partial charge in [0.15, 0.2) is 0 Å². The first kappa shape index (κ1) is 17.0. The molecule has 0 unspecified atom stereocenters. The van der Waals surface area contributed by atoms with Crippen LogP contribution in [0.1, 0.15) is 28.8 Å². The number of amides is 2. The molecule has 0 radical (unpaired) electrons. The second kappa shape index (κ2) is 7.07. The maximum Gasteiger partial charge on any atom is 0.244 e. The molecule has 3 heterocycles. The van der Waals surface area contributed by atoms with Crippen molar-refractivity contribution in [1.82, 2.24) is 15.3 Å². The third-order valence-corrected chi connectivity index (χ3v) is 4.76. The lowest BCUT2D eigenvalue weighted by atomic mass is 10.0. The number of anilines is 1. The van der Waals surface area contributed by atoms with Crippen molar-refractivity contribution < 1.29 is 9.59 Å². The number of carbonyl (C=O) groups is 2. The summed E-state index contributed by atoms with van der Waals surface area (Å²) in [4.78, 5) is 31.2. The summed E-state index contributed by atoms with van der Waals surface area (Å²) in [7, 11) is 0. The van der Waals surface area contributed by atoms with E-state index >= 15 is 0 Å². The molecule has 0 aliphatic carbocycles. The van der Waals surface area contributed by atoms with Crippen molar-refractivity contribution in [2.45, 2.75) is 26.3 Å². The highest BCUT2D eigenvalue weighted by Crippen LogP contribution is 2.22. The summed E-state index contributed by atoms with van der Waals surface area (Å²) < 4.78 is 0. The lowest BCUT2D eigenvalue weighted by Crippen LogP contribution is -2.20. The summed E-state index contributed by atoms with van der Waals surface area (Å²) in [5, 5.41) is 6.81. The molecule has 3 aromatic rings. The Morgan fingerprint density at radius 2 is 2.15 bits per heavy atom. The van der Waals surface area contributed by atoms with E-state index < -0.39 is 0 Å². The molecule has 6 nitrogen and oxygen atoms in total. The van der Waals surface area contributed by atoms with Gasteiger partial charge in [0.25, 0.3) is 0 Å². The molecule has 27 heavy (non-hydrogen) atoms. The SMILES string of the molecule is Cc1[nH]c2ccccc2c1CNC(=O)C=Cc1cnc2c(c1)CCC(=O)N2. The van der Waals surface area contributed by atoms with Crippen LogP contribution < -0.4 is 10.6 Å². The largest absolute Gasteiger partial charge is 0.358 e. The van der Waals surface area contributed by atoms with Crippen molar-refractivity contribution >= 4 is 34.6 Å². The molecule has 0 spiro atoms. The van der Waals surface area contributed by atoms with Crippen LogP contribution in [-0.4, -0.2) is 21.8 Å². The summed E-state index contributed by atoms with van der Waals surface area (Å²) in [6, 6.07) is 10.0. The zero-order valence-corrected chi connectivity index (χ0v) is 15.0. The minimum Gasteiger partial charge on any atom is -0.358 e. The van der Waals surface area contributed by atoms with Crippen LogP contribution in [0.2, 0.25) is 0 Å². The lowest BCUT2D eigenvalue weighted by Gasteiger charge is -2.15. The first-order valence-corrected chi connectivity index (χ1v) is 8.91. The lowest BCUT2D eigenvalue weighted by molar-refractivity contribution is -0.117. The smallest absolute Gasteiger partial charge is 0.244 e. The Hall–Kier alpha value is -3.41. The summed E-state index contributed by atoms with van der Waals surface area (Å²) in [6.07, 6.45) is 6.03. The van der Waals surface area contributed by atoms with Crippen LogP contribution in [0, 0.1) is 6.92 Å². The van der Waals surface area contributed by atoms with Gasteiger partial charge in [-0.3, -0.25) is 9.59 Å².